The molecule has 0 saturated heterocycles. The molecule has 1 unspecified atom stereocenters. The molecule has 2 rings (SSSR count). The topological polar surface area (TPSA) is 67.0 Å². The third-order valence-electron chi connectivity index (χ3n) is 3.08. The molecule has 1 aromatic heterocycles. The molecule has 0 spiro atoms. The molecule has 2 aromatic rings. The summed E-state index contributed by atoms with van der Waals surface area (Å²) < 4.78 is 5.25. The molecule has 0 radical (unpaired) electrons. The molecule has 1 heterocycles. The van der Waals surface area contributed by atoms with Gasteiger partial charge in [-0.1, -0.05) is 23.9 Å². The van der Waals surface area contributed by atoms with Gasteiger partial charge in [0.25, 0.3) is 5.56 Å². The number of thioether (sulfide) groups is 1. The maximum Gasteiger partial charge on any atom is 0.251 e. The van der Waals surface area contributed by atoms with Gasteiger partial charge in [0.1, 0.15) is 5.75 Å². The van der Waals surface area contributed by atoms with Gasteiger partial charge in [0.2, 0.25) is 0 Å². The molecule has 0 fully saturated rings. The van der Waals surface area contributed by atoms with E-state index < -0.39 is 0 Å². The molecule has 0 aliphatic rings. The largest absolute Gasteiger partial charge is 0.497 e. The Balaban J connectivity index is 2.10. The molecule has 6 heteroatoms. The number of aryl methyl sites for hydroxylation is 1. The van der Waals surface area contributed by atoms with E-state index in [0.717, 1.165) is 22.8 Å². The Labute approximate surface area is 128 Å². The van der Waals surface area contributed by atoms with Crippen molar-refractivity contribution >= 4 is 11.8 Å². The summed E-state index contributed by atoms with van der Waals surface area (Å²) in [5.41, 5.74) is 1.75. The van der Waals surface area contributed by atoms with Crippen molar-refractivity contribution in [2.75, 3.05) is 19.9 Å². The highest BCUT2D eigenvalue weighted by Gasteiger charge is 2.11. The molecule has 1 atom stereocenters. The maximum absolute atomic E-state index is 11.4. The number of nitrogens with one attached hydrogen (secondary N) is 2. The first-order valence-electron chi connectivity index (χ1n) is 6.64. The van der Waals surface area contributed by atoms with E-state index in [0.29, 0.717) is 5.16 Å². The van der Waals surface area contributed by atoms with Crippen LogP contribution in [-0.2, 0) is 0 Å². The molecule has 2 N–H and O–H groups in total. The van der Waals surface area contributed by atoms with E-state index in [1.165, 1.54) is 17.8 Å². The van der Waals surface area contributed by atoms with Crippen molar-refractivity contribution in [3.63, 3.8) is 0 Å². The lowest BCUT2D eigenvalue weighted by Crippen LogP contribution is -2.19. The van der Waals surface area contributed by atoms with Crippen LogP contribution < -0.4 is 15.6 Å². The maximum atomic E-state index is 11.4. The highest BCUT2D eigenvalue weighted by Crippen LogP contribution is 2.24. The van der Waals surface area contributed by atoms with E-state index in [-0.39, 0.29) is 11.6 Å². The SMILES string of the molecule is CNC(CSc1nc(C)cc(=O)[nH]1)c1cccc(OC)c1. The Bertz CT molecular complexity index is 657. The van der Waals surface area contributed by atoms with E-state index in [1.54, 1.807) is 7.11 Å². The van der Waals surface area contributed by atoms with Crippen LogP contribution >= 0.6 is 11.8 Å². The zero-order chi connectivity index (χ0) is 15.2. The van der Waals surface area contributed by atoms with Crippen LogP contribution in [0.5, 0.6) is 5.75 Å². The molecule has 0 aliphatic carbocycles. The van der Waals surface area contributed by atoms with Crippen LogP contribution in [0, 0.1) is 6.92 Å². The van der Waals surface area contributed by atoms with E-state index in [2.05, 4.69) is 21.4 Å². The summed E-state index contributed by atoms with van der Waals surface area (Å²) in [4.78, 5) is 18.5. The van der Waals surface area contributed by atoms with Crippen LogP contribution in [0.1, 0.15) is 17.3 Å². The minimum Gasteiger partial charge on any atom is -0.497 e. The fourth-order valence-electron chi connectivity index (χ4n) is 1.99. The van der Waals surface area contributed by atoms with Crippen molar-refractivity contribution < 1.29 is 4.74 Å². The minimum absolute atomic E-state index is 0.118. The van der Waals surface area contributed by atoms with Crippen molar-refractivity contribution in [3.8, 4) is 5.75 Å². The molecule has 1 aromatic carbocycles. The smallest absolute Gasteiger partial charge is 0.251 e. The monoisotopic (exact) mass is 305 g/mol. The Morgan fingerprint density at radius 1 is 1.43 bits per heavy atom. The quantitative estimate of drug-likeness (QED) is 0.632. The predicted molar refractivity (Wildman–Crippen MR) is 85.1 cm³/mol. The number of nitrogens with zero attached hydrogens (tertiary/aromatic N) is 1. The van der Waals surface area contributed by atoms with Crippen molar-refractivity contribution in [2.45, 2.75) is 18.1 Å². The summed E-state index contributed by atoms with van der Waals surface area (Å²) >= 11 is 1.52. The first-order chi connectivity index (χ1) is 10.1. The van der Waals surface area contributed by atoms with Gasteiger partial charge in [0, 0.05) is 23.6 Å². The van der Waals surface area contributed by atoms with Gasteiger partial charge in [0.05, 0.1) is 7.11 Å². The van der Waals surface area contributed by atoms with Gasteiger partial charge in [-0.3, -0.25) is 4.79 Å². The van der Waals surface area contributed by atoms with Crippen LogP contribution in [0.3, 0.4) is 0 Å². The van der Waals surface area contributed by atoms with Gasteiger partial charge in [-0.15, -0.1) is 0 Å². The van der Waals surface area contributed by atoms with Crippen molar-refractivity contribution in [2.24, 2.45) is 0 Å². The van der Waals surface area contributed by atoms with Gasteiger partial charge < -0.3 is 15.0 Å². The number of methoxy groups -OCH3 is 1. The molecule has 21 heavy (non-hydrogen) atoms. The number of benzene rings is 1. The summed E-state index contributed by atoms with van der Waals surface area (Å²) in [5, 5.41) is 3.91. The number of H-pyrrole nitrogens is 1. The number of hydrogen-bond acceptors (Lipinski definition) is 5. The second-order valence-corrected chi connectivity index (χ2v) is 5.63. The lowest BCUT2D eigenvalue weighted by Gasteiger charge is -2.16. The first kappa shape index (κ1) is 15.6. The van der Waals surface area contributed by atoms with Gasteiger partial charge in [-0.05, 0) is 31.7 Å². The van der Waals surface area contributed by atoms with E-state index in [9.17, 15) is 4.79 Å². The van der Waals surface area contributed by atoms with Crippen molar-refractivity contribution in [1.29, 1.82) is 0 Å². The van der Waals surface area contributed by atoms with Gasteiger partial charge in [0.15, 0.2) is 5.16 Å². The van der Waals surface area contributed by atoms with Crippen LogP contribution in [0.15, 0.2) is 40.3 Å². The van der Waals surface area contributed by atoms with Crippen molar-refractivity contribution in [1.82, 2.24) is 15.3 Å². The van der Waals surface area contributed by atoms with Gasteiger partial charge in [-0.2, -0.15) is 0 Å². The Morgan fingerprint density at radius 2 is 2.24 bits per heavy atom. The fourth-order valence-corrected chi connectivity index (χ4v) is 3.05. The van der Waals surface area contributed by atoms with Gasteiger partial charge in [-0.25, -0.2) is 4.98 Å². The summed E-state index contributed by atoms with van der Waals surface area (Å²) in [6, 6.07) is 9.58. The average Bonchev–Trinajstić information content (AvgIpc) is 2.47. The summed E-state index contributed by atoms with van der Waals surface area (Å²) in [6.07, 6.45) is 0. The molecular weight excluding hydrogens is 286 g/mol. The third kappa shape index (κ3) is 4.34. The number of ether oxygens (including phenoxy) is 1. The summed E-state index contributed by atoms with van der Waals surface area (Å²) in [5.74, 6) is 1.59. The second-order valence-electron chi connectivity index (χ2n) is 4.62. The predicted octanol–water partition coefficient (Wildman–Crippen LogP) is 2.14. The molecular formula is C15H19N3O2S. The summed E-state index contributed by atoms with van der Waals surface area (Å²) in [6.45, 7) is 1.82. The van der Waals surface area contributed by atoms with Crippen LogP contribution in [-0.4, -0.2) is 29.9 Å². The van der Waals surface area contributed by atoms with E-state index >= 15 is 0 Å². The molecule has 0 saturated carbocycles. The number of aromatic nitrogens is 2. The normalized spacial score (nSPS) is 12.1. The zero-order valence-corrected chi connectivity index (χ0v) is 13.2. The average molecular weight is 305 g/mol. The molecule has 5 nitrogen and oxygen atoms in total. The van der Waals surface area contributed by atoms with E-state index in [4.69, 9.17) is 4.74 Å². The Kier molecular flexibility index (Phi) is 5.41. The third-order valence-corrected chi connectivity index (χ3v) is 4.05. The van der Waals surface area contributed by atoms with Crippen LogP contribution in [0.4, 0.5) is 0 Å². The highest BCUT2D eigenvalue weighted by molar-refractivity contribution is 7.99. The highest BCUT2D eigenvalue weighted by atomic mass is 32.2. The number of hydrogen-bond donors (Lipinski definition) is 2. The Hall–Kier alpha value is -1.79. The standard InChI is InChI=1S/C15H19N3O2S/c1-10-7-14(19)18-15(17-10)21-9-13(16-2)11-5-4-6-12(8-11)20-3/h4-8,13,16H,9H2,1-3H3,(H,17,18,19). The minimum atomic E-state index is -0.118. The first-order valence-corrected chi connectivity index (χ1v) is 7.63. The van der Waals surface area contributed by atoms with Gasteiger partial charge >= 0.3 is 0 Å². The van der Waals surface area contributed by atoms with Crippen LogP contribution in [0.2, 0.25) is 0 Å². The summed E-state index contributed by atoms with van der Waals surface area (Å²) in [7, 11) is 3.57. The number of rotatable bonds is 6. The molecule has 0 bridgehead atoms. The number of aromatic amines is 1. The Morgan fingerprint density at radius 3 is 2.90 bits per heavy atom. The van der Waals surface area contributed by atoms with E-state index in [1.807, 2.05) is 32.2 Å². The molecule has 112 valence electrons. The molecule has 0 aliphatic heterocycles. The fraction of sp³-hybridized carbons (Fsp3) is 0.333. The zero-order valence-electron chi connectivity index (χ0n) is 12.3. The lowest BCUT2D eigenvalue weighted by atomic mass is 10.1. The lowest BCUT2D eigenvalue weighted by molar-refractivity contribution is 0.413. The van der Waals surface area contributed by atoms with Crippen LogP contribution in [0.25, 0.3) is 0 Å². The second kappa shape index (κ2) is 7.28. The van der Waals surface area contributed by atoms with Crippen molar-refractivity contribution in [3.05, 3.63) is 51.9 Å². The molecule has 0 amide bonds.